The van der Waals surface area contributed by atoms with Crippen molar-refractivity contribution in [3.63, 3.8) is 0 Å². The Kier molecular flexibility index (Phi) is 3.56. The van der Waals surface area contributed by atoms with Crippen LogP contribution >= 0.6 is 0 Å². The van der Waals surface area contributed by atoms with Gasteiger partial charge in [-0.05, 0) is 17.8 Å². The van der Waals surface area contributed by atoms with E-state index in [1.165, 1.54) is 0 Å². The van der Waals surface area contributed by atoms with Crippen LogP contribution in [0.3, 0.4) is 0 Å². The summed E-state index contributed by atoms with van der Waals surface area (Å²) in [7, 11) is 0. The fraction of sp³-hybridized carbons (Fsp3) is 0.889. The molecule has 0 saturated heterocycles. The van der Waals surface area contributed by atoms with E-state index in [1.54, 1.807) is 0 Å². The molecule has 11 heavy (non-hydrogen) atoms. The lowest BCUT2D eigenvalue weighted by Crippen LogP contribution is -2.13. The van der Waals surface area contributed by atoms with Crippen LogP contribution in [0.2, 0.25) is 0 Å². The number of carbonyl (C=O) groups excluding carboxylic acids is 1. The van der Waals surface area contributed by atoms with E-state index in [1.807, 2.05) is 6.92 Å². The molecule has 1 radical (unpaired) electrons. The van der Waals surface area contributed by atoms with E-state index < -0.39 is 5.97 Å². The zero-order valence-electron chi connectivity index (χ0n) is 7.81. The van der Waals surface area contributed by atoms with E-state index in [9.17, 15) is 9.90 Å². The Morgan fingerprint density at radius 3 is 2.09 bits per heavy atom. The minimum absolute atomic E-state index is 0.178. The lowest BCUT2D eigenvalue weighted by molar-refractivity contribution is -0.144. The summed E-state index contributed by atoms with van der Waals surface area (Å²) in [5, 5.41) is 10.2. The van der Waals surface area contributed by atoms with Gasteiger partial charge in [-0.1, -0.05) is 27.7 Å². The third kappa shape index (κ3) is 7.37. The van der Waals surface area contributed by atoms with Gasteiger partial charge in [0, 0.05) is 0 Å². The molecule has 2 heteroatoms. The van der Waals surface area contributed by atoms with Gasteiger partial charge < -0.3 is 0 Å². The van der Waals surface area contributed by atoms with Crippen molar-refractivity contribution in [1.29, 1.82) is 0 Å². The van der Waals surface area contributed by atoms with Crippen molar-refractivity contribution in [2.75, 3.05) is 0 Å². The second-order valence-electron chi connectivity index (χ2n) is 4.45. The van der Waals surface area contributed by atoms with Crippen molar-refractivity contribution >= 4 is 5.97 Å². The van der Waals surface area contributed by atoms with E-state index in [2.05, 4.69) is 20.8 Å². The fourth-order valence-corrected chi connectivity index (χ4v) is 1.40. The van der Waals surface area contributed by atoms with Crippen molar-refractivity contribution in [3.8, 4) is 0 Å². The Bertz CT molecular complexity index is 133. The second kappa shape index (κ2) is 3.74. The first-order valence-electron chi connectivity index (χ1n) is 4.01. The fourth-order valence-electron chi connectivity index (χ4n) is 1.40. The monoisotopic (exact) mass is 157 g/mol. The summed E-state index contributed by atoms with van der Waals surface area (Å²) in [6, 6.07) is 0. The van der Waals surface area contributed by atoms with Crippen LogP contribution in [0.1, 0.15) is 40.5 Å². The first-order valence-corrected chi connectivity index (χ1v) is 4.01. The van der Waals surface area contributed by atoms with Gasteiger partial charge in [0.25, 0.3) is 0 Å². The van der Waals surface area contributed by atoms with Crippen LogP contribution in [0.5, 0.6) is 0 Å². The maximum Gasteiger partial charge on any atom is 0.355 e. The molecule has 0 N–H and O–H groups in total. The van der Waals surface area contributed by atoms with Gasteiger partial charge in [0.2, 0.25) is 0 Å². The summed E-state index contributed by atoms with van der Waals surface area (Å²) in [5.41, 5.74) is 0.217. The van der Waals surface area contributed by atoms with Crippen LogP contribution < -0.4 is 0 Å². The van der Waals surface area contributed by atoms with Gasteiger partial charge in [-0.3, -0.25) is 0 Å². The highest BCUT2D eigenvalue weighted by atomic mass is 16.4. The average molecular weight is 157 g/mol. The molecule has 0 aromatic heterocycles. The van der Waals surface area contributed by atoms with E-state index in [4.69, 9.17) is 0 Å². The smallest absolute Gasteiger partial charge is 0.247 e. The van der Waals surface area contributed by atoms with Gasteiger partial charge in [-0.25, -0.2) is 9.90 Å². The van der Waals surface area contributed by atoms with Gasteiger partial charge >= 0.3 is 5.97 Å². The lowest BCUT2D eigenvalue weighted by atomic mass is 9.84. The largest absolute Gasteiger partial charge is 0.355 e. The van der Waals surface area contributed by atoms with Gasteiger partial charge in [0.1, 0.15) is 0 Å². The van der Waals surface area contributed by atoms with Crippen molar-refractivity contribution in [2.45, 2.75) is 40.5 Å². The van der Waals surface area contributed by atoms with Gasteiger partial charge in [-0.15, -0.1) is 0 Å². The molecular formula is C9H17O2. The van der Waals surface area contributed by atoms with Gasteiger partial charge in [-0.2, -0.15) is 0 Å². The maximum absolute atomic E-state index is 10.2. The van der Waals surface area contributed by atoms with E-state index in [0.29, 0.717) is 0 Å². The molecule has 0 aliphatic carbocycles. The van der Waals surface area contributed by atoms with Crippen LogP contribution in [0.4, 0.5) is 0 Å². The number of carbonyl (C=O) groups is 1. The quantitative estimate of drug-likeness (QED) is 0.619. The normalized spacial score (nSPS) is 14.5. The third-order valence-electron chi connectivity index (χ3n) is 1.48. The van der Waals surface area contributed by atoms with Crippen molar-refractivity contribution in [2.24, 2.45) is 11.3 Å². The standard InChI is InChI=1S/C9H17O2/c1-7(5-8(10)11)6-9(2,3)4/h7H,5-6H2,1-4H3. The molecule has 0 fully saturated rings. The summed E-state index contributed by atoms with van der Waals surface area (Å²) in [6.45, 7) is 8.28. The van der Waals surface area contributed by atoms with Crippen LogP contribution in [0.15, 0.2) is 0 Å². The Morgan fingerprint density at radius 2 is 1.82 bits per heavy atom. The SMILES string of the molecule is CC(CC([O])=O)CC(C)(C)C. The van der Waals surface area contributed by atoms with Gasteiger partial charge in [0.05, 0.1) is 6.42 Å². The maximum atomic E-state index is 10.2. The van der Waals surface area contributed by atoms with E-state index in [-0.39, 0.29) is 17.8 Å². The minimum Gasteiger partial charge on any atom is -0.247 e. The third-order valence-corrected chi connectivity index (χ3v) is 1.48. The Labute approximate surface area is 68.6 Å². The van der Waals surface area contributed by atoms with Crippen LogP contribution in [-0.2, 0) is 9.90 Å². The molecule has 0 spiro atoms. The molecule has 1 atom stereocenters. The first-order chi connectivity index (χ1) is 4.81. The molecular weight excluding hydrogens is 140 g/mol. The highest BCUT2D eigenvalue weighted by Gasteiger charge is 2.17. The van der Waals surface area contributed by atoms with Crippen molar-refractivity contribution in [1.82, 2.24) is 0 Å². The van der Waals surface area contributed by atoms with Crippen molar-refractivity contribution < 1.29 is 9.90 Å². The predicted molar refractivity (Wildman–Crippen MR) is 43.5 cm³/mol. The number of hydrogen-bond donors (Lipinski definition) is 0. The van der Waals surface area contributed by atoms with Gasteiger partial charge in [0.15, 0.2) is 0 Å². The molecule has 0 heterocycles. The predicted octanol–water partition coefficient (Wildman–Crippen LogP) is 2.41. The Morgan fingerprint density at radius 1 is 1.36 bits per heavy atom. The summed E-state index contributed by atoms with van der Waals surface area (Å²) in [6.07, 6.45) is 1.11. The molecule has 65 valence electrons. The number of rotatable bonds is 3. The molecule has 1 unspecified atom stereocenters. The lowest BCUT2D eigenvalue weighted by Gasteiger charge is -2.21. The highest BCUT2D eigenvalue weighted by Crippen LogP contribution is 2.25. The van der Waals surface area contributed by atoms with E-state index in [0.717, 1.165) is 6.42 Å². The first kappa shape index (κ1) is 10.5. The van der Waals surface area contributed by atoms with Crippen LogP contribution in [0, 0.1) is 11.3 Å². The Balaban J connectivity index is 3.69. The minimum atomic E-state index is -0.943. The summed E-state index contributed by atoms with van der Waals surface area (Å²) < 4.78 is 0. The zero-order valence-corrected chi connectivity index (χ0v) is 7.81. The second-order valence-corrected chi connectivity index (χ2v) is 4.45. The van der Waals surface area contributed by atoms with Crippen LogP contribution in [-0.4, -0.2) is 5.97 Å². The average Bonchev–Trinajstić information content (AvgIpc) is 1.53. The molecule has 0 saturated carbocycles. The highest BCUT2D eigenvalue weighted by molar-refractivity contribution is 5.66. The molecule has 0 aromatic rings. The van der Waals surface area contributed by atoms with Crippen LogP contribution in [0.25, 0.3) is 0 Å². The zero-order chi connectivity index (χ0) is 9.07. The Hall–Kier alpha value is -0.530. The summed E-state index contributed by atoms with van der Waals surface area (Å²) in [5.74, 6) is -0.721. The van der Waals surface area contributed by atoms with Crippen molar-refractivity contribution in [3.05, 3.63) is 0 Å². The molecule has 2 nitrogen and oxygen atoms in total. The molecule has 0 aromatic carbocycles. The summed E-state index contributed by atoms with van der Waals surface area (Å²) >= 11 is 0. The number of hydrogen-bond acceptors (Lipinski definition) is 1. The molecule has 0 amide bonds. The molecule has 0 bridgehead atoms. The molecule has 0 aliphatic heterocycles. The topological polar surface area (TPSA) is 37.0 Å². The summed E-state index contributed by atoms with van der Waals surface area (Å²) in [4.78, 5) is 10.2. The van der Waals surface area contributed by atoms with E-state index >= 15 is 0 Å². The molecule has 0 aliphatic rings. The molecule has 0 rings (SSSR count).